The molecule has 0 radical (unpaired) electrons. The van der Waals surface area contributed by atoms with E-state index in [1.807, 2.05) is 0 Å². The van der Waals surface area contributed by atoms with E-state index in [1.54, 1.807) is 18.2 Å². The molecule has 2 aromatic rings. The minimum atomic E-state index is -4.60. The zero-order valence-electron chi connectivity index (χ0n) is 9.47. The molecule has 0 aliphatic heterocycles. The summed E-state index contributed by atoms with van der Waals surface area (Å²) in [6.07, 6.45) is -4.60. The summed E-state index contributed by atoms with van der Waals surface area (Å²) in [6, 6.07) is 5.62. The number of hydrogen-bond acceptors (Lipinski definition) is 3. The standard InChI is InChI=1S/C11H5BrCl2F3N3/c12-5-1-2-7(6(13)3-5)18-9-4-8(11(15,16)17)19-10(14)20-9/h1-4H,(H,18,19,20). The number of alkyl halides is 3. The molecule has 20 heavy (non-hydrogen) atoms. The molecule has 1 aromatic carbocycles. The fourth-order valence-electron chi connectivity index (χ4n) is 1.36. The highest BCUT2D eigenvalue weighted by molar-refractivity contribution is 9.10. The van der Waals surface area contributed by atoms with Gasteiger partial charge in [-0.25, -0.2) is 9.97 Å². The van der Waals surface area contributed by atoms with E-state index in [-0.39, 0.29) is 5.82 Å². The summed E-state index contributed by atoms with van der Waals surface area (Å²) >= 11 is 14.7. The lowest BCUT2D eigenvalue weighted by molar-refractivity contribution is -0.141. The van der Waals surface area contributed by atoms with Gasteiger partial charge in [0.2, 0.25) is 5.28 Å². The summed E-state index contributed by atoms with van der Waals surface area (Å²) in [6.45, 7) is 0. The Hall–Kier alpha value is -1.05. The lowest BCUT2D eigenvalue weighted by Crippen LogP contribution is -2.10. The lowest BCUT2D eigenvalue weighted by Gasteiger charge is -2.11. The molecule has 3 nitrogen and oxygen atoms in total. The van der Waals surface area contributed by atoms with Crippen LogP contribution in [0.5, 0.6) is 0 Å². The van der Waals surface area contributed by atoms with Gasteiger partial charge in [-0.1, -0.05) is 27.5 Å². The van der Waals surface area contributed by atoms with Crippen LogP contribution in [0.25, 0.3) is 0 Å². The van der Waals surface area contributed by atoms with Crippen molar-refractivity contribution in [3.63, 3.8) is 0 Å². The van der Waals surface area contributed by atoms with Gasteiger partial charge in [0.15, 0.2) is 5.69 Å². The minimum absolute atomic E-state index is 0.0958. The Labute approximate surface area is 130 Å². The zero-order chi connectivity index (χ0) is 14.9. The van der Waals surface area contributed by atoms with Gasteiger partial charge in [-0.3, -0.25) is 0 Å². The molecule has 0 spiro atoms. The fourth-order valence-corrected chi connectivity index (χ4v) is 2.26. The maximum absolute atomic E-state index is 12.6. The van der Waals surface area contributed by atoms with Gasteiger partial charge in [-0.15, -0.1) is 0 Å². The predicted molar refractivity (Wildman–Crippen MR) is 74.5 cm³/mol. The Balaban J connectivity index is 2.36. The van der Waals surface area contributed by atoms with Crippen molar-refractivity contribution < 1.29 is 13.2 Å². The van der Waals surface area contributed by atoms with Crippen molar-refractivity contribution in [2.45, 2.75) is 6.18 Å². The highest BCUT2D eigenvalue weighted by atomic mass is 79.9. The molecule has 0 saturated carbocycles. The number of benzene rings is 1. The van der Waals surface area contributed by atoms with Crippen LogP contribution < -0.4 is 5.32 Å². The van der Waals surface area contributed by atoms with Gasteiger partial charge in [0.25, 0.3) is 0 Å². The molecule has 1 N–H and O–H groups in total. The van der Waals surface area contributed by atoms with Crippen LogP contribution in [0.1, 0.15) is 5.69 Å². The van der Waals surface area contributed by atoms with Gasteiger partial charge in [0.1, 0.15) is 5.82 Å². The Morgan fingerprint density at radius 2 is 1.80 bits per heavy atom. The summed E-state index contributed by atoms with van der Waals surface area (Å²) in [4.78, 5) is 6.81. The van der Waals surface area contributed by atoms with E-state index >= 15 is 0 Å². The first-order valence-corrected chi connectivity index (χ1v) is 6.64. The first kappa shape index (κ1) is 15.3. The maximum Gasteiger partial charge on any atom is 0.433 e. The highest BCUT2D eigenvalue weighted by Gasteiger charge is 2.33. The van der Waals surface area contributed by atoms with Gasteiger partial charge >= 0.3 is 6.18 Å². The molecule has 0 aliphatic rings. The molecule has 0 saturated heterocycles. The van der Waals surface area contributed by atoms with Crippen molar-refractivity contribution in [3.8, 4) is 0 Å². The second-order valence-corrected chi connectivity index (χ2v) is 5.32. The van der Waals surface area contributed by atoms with Crippen molar-refractivity contribution in [1.82, 2.24) is 9.97 Å². The van der Waals surface area contributed by atoms with Crippen molar-refractivity contribution in [1.29, 1.82) is 0 Å². The summed E-state index contributed by atoms with van der Waals surface area (Å²) in [5, 5.41) is 2.48. The second kappa shape index (κ2) is 5.75. The van der Waals surface area contributed by atoms with Crippen molar-refractivity contribution in [2.24, 2.45) is 0 Å². The summed E-state index contributed by atoms with van der Waals surface area (Å²) in [5.41, 5.74) is -0.731. The molecular weight excluding hydrogens is 382 g/mol. The van der Waals surface area contributed by atoms with E-state index in [4.69, 9.17) is 23.2 Å². The van der Waals surface area contributed by atoms with E-state index in [2.05, 4.69) is 31.2 Å². The topological polar surface area (TPSA) is 37.8 Å². The molecule has 2 rings (SSSR count). The van der Waals surface area contributed by atoms with Crippen LogP contribution >= 0.6 is 39.1 Å². The molecule has 0 bridgehead atoms. The average molecular weight is 387 g/mol. The normalized spacial score (nSPS) is 11.5. The Morgan fingerprint density at radius 1 is 1.10 bits per heavy atom. The number of rotatable bonds is 2. The fraction of sp³-hybridized carbons (Fsp3) is 0.0909. The summed E-state index contributed by atoms with van der Waals surface area (Å²) in [7, 11) is 0. The van der Waals surface area contributed by atoms with E-state index in [0.717, 1.165) is 10.5 Å². The third kappa shape index (κ3) is 3.74. The minimum Gasteiger partial charge on any atom is -0.339 e. The first-order chi connectivity index (χ1) is 9.25. The average Bonchev–Trinajstić information content (AvgIpc) is 2.31. The lowest BCUT2D eigenvalue weighted by atomic mass is 10.3. The van der Waals surface area contributed by atoms with Crippen LogP contribution in [0.3, 0.4) is 0 Å². The molecule has 0 unspecified atom stereocenters. The van der Waals surface area contributed by atoms with Crippen molar-refractivity contribution >= 4 is 50.6 Å². The van der Waals surface area contributed by atoms with Gasteiger partial charge < -0.3 is 5.32 Å². The summed E-state index contributed by atoms with van der Waals surface area (Å²) < 4.78 is 38.6. The summed E-state index contributed by atoms with van der Waals surface area (Å²) in [5.74, 6) is -0.0958. The van der Waals surface area contributed by atoms with Gasteiger partial charge in [0.05, 0.1) is 10.7 Å². The van der Waals surface area contributed by atoms with Crippen molar-refractivity contribution in [2.75, 3.05) is 5.32 Å². The van der Waals surface area contributed by atoms with Gasteiger partial charge in [-0.05, 0) is 29.8 Å². The molecule has 106 valence electrons. The number of anilines is 2. The number of nitrogens with zero attached hydrogens (tertiary/aromatic N) is 2. The SMILES string of the molecule is FC(F)(F)c1cc(Nc2ccc(Br)cc2Cl)nc(Cl)n1. The number of aromatic nitrogens is 2. The third-order valence-corrected chi connectivity index (χ3v) is 3.16. The van der Waals surface area contributed by atoms with E-state index in [1.165, 1.54) is 0 Å². The van der Waals surface area contributed by atoms with E-state index in [0.29, 0.717) is 10.7 Å². The zero-order valence-corrected chi connectivity index (χ0v) is 12.6. The molecular formula is C11H5BrCl2F3N3. The number of halogens is 6. The third-order valence-electron chi connectivity index (χ3n) is 2.18. The number of nitrogens with one attached hydrogen (secondary N) is 1. The smallest absolute Gasteiger partial charge is 0.339 e. The van der Waals surface area contributed by atoms with Gasteiger partial charge in [-0.2, -0.15) is 13.2 Å². The van der Waals surface area contributed by atoms with Crippen LogP contribution in [0, 0.1) is 0 Å². The van der Waals surface area contributed by atoms with Gasteiger partial charge in [0, 0.05) is 10.5 Å². The Morgan fingerprint density at radius 3 is 2.40 bits per heavy atom. The van der Waals surface area contributed by atoms with Crippen LogP contribution in [0.15, 0.2) is 28.7 Å². The predicted octanol–water partition coefficient (Wildman–Crippen LogP) is 5.31. The molecule has 1 heterocycles. The highest BCUT2D eigenvalue weighted by Crippen LogP contribution is 2.32. The van der Waals surface area contributed by atoms with E-state index < -0.39 is 17.2 Å². The quantitative estimate of drug-likeness (QED) is 0.711. The van der Waals surface area contributed by atoms with Crippen LogP contribution in [0.2, 0.25) is 10.3 Å². The maximum atomic E-state index is 12.6. The molecule has 0 aliphatic carbocycles. The Kier molecular flexibility index (Phi) is 4.41. The monoisotopic (exact) mass is 385 g/mol. The molecule has 0 fully saturated rings. The molecule has 1 aromatic heterocycles. The second-order valence-electron chi connectivity index (χ2n) is 3.65. The Bertz CT molecular complexity index is 649. The largest absolute Gasteiger partial charge is 0.433 e. The molecule has 9 heteroatoms. The van der Waals surface area contributed by atoms with Crippen LogP contribution in [-0.4, -0.2) is 9.97 Å². The van der Waals surface area contributed by atoms with E-state index in [9.17, 15) is 13.2 Å². The van der Waals surface area contributed by atoms with Crippen LogP contribution in [-0.2, 0) is 6.18 Å². The van der Waals surface area contributed by atoms with Crippen molar-refractivity contribution in [3.05, 3.63) is 44.7 Å². The first-order valence-electron chi connectivity index (χ1n) is 5.09. The number of hydrogen-bond donors (Lipinski definition) is 1. The van der Waals surface area contributed by atoms with Crippen LogP contribution in [0.4, 0.5) is 24.7 Å². The molecule has 0 atom stereocenters. The molecule has 0 amide bonds.